The van der Waals surface area contributed by atoms with Gasteiger partial charge in [-0.25, -0.2) is 0 Å². The van der Waals surface area contributed by atoms with Gasteiger partial charge < -0.3 is 15.1 Å². The van der Waals surface area contributed by atoms with Gasteiger partial charge in [-0.05, 0) is 32.1 Å². The summed E-state index contributed by atoms with van der Waals surface area (Å²) in [7, 11) is 3.59. The Bertz CT molecular complexity index is 413. The molecule has 0 aliphatic heterocycles. The highest BCUT2D eigenvalue weighted by Crippen LogP contribution is 2.28. The Morgan fingerprint density at radius 1 is 1.24 bits per heavy atom. The molecule has 1 rings (SSSR count). The normalized spacial score (nSPS) is 10.8. The fourth-order valence-corrected chi connectivity index (χ4v) is 1.69. The predicted octanol–water partition coefficient (Wildman–Crippen LogP) is 1.79. The molecule has 4 heteroatoms. The number of ketones is 1. The molecule has 0 spiro atoms. The van der Waals surface area contributed by atoms with Crippen LogP contribution in [0.15, 0.2) is 12.1 Å². The van der Waals surface area contributed by atoms with Crippen LogP contribution in [-0.2, 0) is 6.42 Å². The fourth-order valence-electron chi connectivity index (χ4n) is 1.69. The molecule has 0 heterocycles. The summed E-state index contributed by atoms with van der Waals surface area (Å²) in [5.41, 5.74) is 0.979. The Hall–Kier alpha value is -1.55. The summed E-state index contributed by atoms with van der Waals surface area (Å²) < 4.78 is 0. The first kappa shape index (κ1) is 13.5. The van der Waals surface area contributed by atoms with E-state index in [1.165, 1.54) is 6.07 Å². The van der Waals surface area contributed by atoms with Crippen LogP contribution < -0.4 is 0 Å². The molecule has 0 atom stereocenters. The third-order valence-corrected chi connectivity index (χ3v) is 2.48. The van der Waals surface area contributed by atoms with E-state index in [-0.39, 0.29) is 29.4 Å². The monoisotopic (exact) mass is 237 g/mol. The summed E-state index contributed by atoms with van der Waals surface area (Å²) >= 11 is 0. The predicted molar refractivity (Wildman–Crippen MR) is 66.7 cm³/mol. The van der Waals surface area contributed by atoms with Gasteiger partial charge in [0.2, 0.25) is 0 Å². The van der Waals surface area contributed by atoms with Crippen LogP contribution in [0.1, 0.15) is 29.3 Å². The van der Waals surface area contributed by atoms with Crippen molar-refractivity contribution in [3.63, 3.8) is 0 Å². The number of phenolic OH excluding ortho intramolecular Hbond substituents is 2. The molecule has 0 bridgehead atoms. The number of likely N-dealkylation sites (N-methyl/N-ethyl adjacent to an activating group) is 1. The van der Waals surface area contributed by atoms with Crippen LogP contribution in [0.25, 0.3) is 0 Å². The Kier molecular flexibility index (Phi) is 4.52. The van der Waals surface area contributed by atoms with E-state index in [0.29, 0.717) is 12.0 Å². The van der Waals surface area contributed by atoms with E-state index in [1.54, 1.807) is 25.1 Å². The quantitative estimate of drug-likeness (QED) is 0.766. The zero-order chi connectivity index (χ0) is 13.0. The molecule has 1 aromatic rings. The van der Waals surface area contributed by atoms with Crippen LogP contribution in [0.5, 0.6) is 11.5 Å². The van der Waals surface area contributed by atoms with Crippen molar-refractivity contribution in [1.82, 2.24) is 4.90 Å². The number of aromatic hydroxyl groups is 2. The molecular weight excluding hydrogens is 218 g/mol. The third-order valence-electron chi connectivity index (χ3n) is 2.48. The Labute approximate surface area is 101 Å². The lowest BCUT2D eigenvalue weighted by Gasteiger charge is -2.12. The van der Waals surface area contributed by atoms with Gasteiger partial charge >= 0.3 is 0 Å². The third kappa shape index (κ3) is 3.46. The minimum atomic E-state index is -0.158. The number of phenols is 2. The van der Waals surface area contributed by atoms with E-state index in [4.69, 9.17) is 0 Å². The van der Waals surface area contributed by atoms with E-state index in [2.05, 4.69) is 0 Å². The number of benzene rings is 1. The van der Waals surface area contributed by atoms with Gasteiger partial charge in [-0.2, -0.15) is 0 Å². The van der Waals surface area contributed by atoms with Crippen LogP contribution in [-0.4, -0.2) is 41.5 Å². The average Bonchev–Trinajstić information content (AvgIpc) is 2.21. The highest BCUT2D eigenvalue weighted by molar-refractivity contribution is 6.00. The van der Waals surface area contributed by atoms with Gasteiger partial charge in [0.05, 0.1) is 12.1 Å². The van der Waals surface area contributed by atoms with E-state index in [1.807, 2.05) is 6.92 Å². The van der Waals surface area contributed by atoms with Crippen molar-refractivity contribution < 1.29 is 15.0 Å². The maximum absolute atomic E-state index is 11.9. The van der Waals surface area contributed by atoms with Crippen LogP contribution >= 0.6 is 0 Å². The van der Waals surface area contributed by atoms with E-state index in [0.717, 1.165) is 6.42 Å². The first-order chi connectivity index (χ1) is 7.95. The molecule has 0 unspecified atom stereocenters. The first-order valence-corrected chi connectivity index (χ1v) is 5.68. The molecule has 4 nitrogen and oxygen atoms in total. The lowest BCUT2D eigenvalue weighted by molar-refractivity contribution is 0.0955. The lowest BCUT2D eigenvalue weighted by Crippen LogP contribution is -2.21. The number of nitrogens with zero attached hydrogens (tertiary/aromatic N) is 1. The van der Waals surface area contributed by atoms with Gasteiger partial charge in [0, 0.05) is 6.07 Å². The van der Waals surface area contributed by atoms with Crippen molar-refractivity contribution in [2.24, 2.45) is 0 Å². The Morgan fingerprint density at radius 2 is 1.88 bits per heavy atom. The average molecular weight is 237 g/mol. The first-order valence-electron chi connectivity index (χ1n) is 5.68. The summed E-state index contributed by atoms with van der Waals surface area (Å²) in [4.78, 5) is 13.6. The minimum Gasteiger partial charge on any atom is -0.508 e. The summed E-state index contributed by atoms with van der Waals surface area (Å²) in [5.74, 6) is -0.259. The molecule has 0 aliphatic rings. The number of hydrogen-bond donors (Lipinski definition) is 2. The number of rotatable bonds is 5. The second-order valence-electron chi connectivity index (χ2n) is 4.41. The molecule has 1 aromatic carbocycles. The maximum atomic E-state index is 11.9. The van der Waals surface area contributed by atoms with Crippen molar-refractivity contribution in [3.8, 4) is 11.5 Å². The van der Waals surface area contributed by atoms with Crippen molar-refractivity contribution >= 4 is 5.78 Å². The second-order valence-corrected chi connectivity index (χ2v) is 4.41. The summed E-state index contributed by atoms with van der Waals surface area (Å²) in [6, 6.07) is 2.83. The van der Waals surface area contributed by atoms with Crippen molar-refractivity contribution in [1.29, 1.82) is 0 Å². The molecule has 0 radical (unpaired) electrons. The van der Waals surface area contributed by atoms with Gasteiger partial charge in [-0.1, -0.05) is 13.3 Å². The molecule has 0 saturated carbocycles. The van der Waals surface area contributed by atoms with Crippen LogP contribution in [0, 0.1) is 0 Å². The van der Waals surface area contributed by atoms with Crippen LogP contribution in [0.2, 0.25) is 0 Å². The number of hydrogen-bond acceptors (Lipinski definition) is 4. The fraction of sp³-hybridized carbons (Fsp3) is 0.462. The van der Waals surface area contributed by atoms with Crippen LogP contribution in [0.4, 0.5) is 0 Å². The lowest BCUT2D eigenvalue weighted by atomic mass is 10.0. The molecule has 0 saturated heterocycles. The van der Waals surface area contributed by atoms with Gasteiger partial charge in [0.1, 0.15) is 11.5 Å². The van der Waals surface area contributed by atoms with Crippen molar-refractivity contribution in [3.05, 3.63) is 23.3 Å². The van der Waals surface area contributed by atoms with Gasteiger partial charge in [0.25, 0.3) is 0 Å². The number of Topliss-reactive ketones (excluding diaryl/α,β-unsaturated/α-hetero) is 1. The van der Waals surface area contributed by atoms with E-state index in [9.17, 15) is 15.0 Å². The highest BCUT2D eigenvalue weighted by Gasteiger charge is 2.15. The molecular formula is C13H19NO3. The topological polar surface area (TPSA) is 60.8 Å². The van der Waals surface area contributed by atoms with E-state index >= 15 is 0 Å². The smallest absolute Gasteiger partial charge is 0.180 e. The number of carbonyl (C=O) groups is 1. The number of carbonyl (C=O) groups excluding carboxylic acids is 1. The molecule has 0 amide bonds. The molecule has 2 N–H and O–H groups in total. The summed E-state index contributed by atoms with van der Waals surface area (Å²) in [5, 5.41) is 19.3. The van der Waals surface area contributed by atoms with Gasteiger partial charge in [0.15, 0.2) is 5.78 Å². The molecule has 17 heavy (non-hydrogen) atoms. The van der Waals surface area contributed by atoms with Crippen molar-refractivity contribution in [2.45, 2.75) is 19.8 Å². The second kappa shape index (κ2) is 5.68. The maximum Gasteiger partial charge on any atom is 0.180 e. The largest absolute Gasteiger partial charge is 0.508 e. The summed E-state index contributed by atoms with van der Waals surface area (Å²) in [6.45, 7) is 2.23. The van der Waals surface area contributed by atoms with Crippen molar-refractivity contribution in [2.75, 3.05) is 20.6 Å². The SMILES string of the molecule is CCCc1cc(C(=O)CN(C)C)c(O)cc1O. The molecule has 0 fully saturated rings. The minimum absolute atomic E-state index is 0.0470. The Balaban J connectivity index is 3.06. The molecule has 0 aromatic heterocycles. The number of aryl methyl sites for hydroxylation is 1. The summed E-state index contributed by atoms with van der Waals surface area (Å²) in [6.07, 6.45) is 1.56. The van der Waals surface area contributed by atoms with Gasteiger partial charge in [-0.3, -0.25) is 4.79 Å². The highest BCUT2D eigenvalue weighted by atomic mass is 16.3. The Morgan fingerprint density at radius 3 is 2.41 bits per heavy atom. The standard InChI is InChI=1S/C13H19NO3/c1-4-5-9-6-10(12(16)7-11(9)15)13(17)8-14(2)3/h6-7,15-16H,4-5,8H2,1-3H3. The molecule has 0 aliphatic carbocycles. The zero-order valence-corrected chi connectivity index (χ0v) is 10.5. The van der Waals surface area contributed by atoms with Gasteiger partial charge in [-0.15, -0.1) is 0 Å². The zero-order valence-electron chi connectivity index (χ0n) is 10.5. The van der Waals surface area contributed by atoms with Crippen LogP contribution in [0.3, 0.4) is 0 Å². The van der Waals surface area contributed by atoms with E-state index < -0.39 is 0 Å². The molecule has 94 valence electrons.